The van der Waals surface area contributed by atoms with Gasteiger partial charge in [-0.3, -0.25) is 4.79 Å². The Balaban J connectivity index is 2.05. The van der Waals surface area contributed by atoms with Crippen LogP contribution in [0.15, 0.2) is 30.3 Å². The third-order valence-corrected chi connectivity index (χ3v) is 3.41. The second-order valence-electron chi connectivity index (χ2n) is 5.30. The molecule has 0 heterocycles. The number of carbonyl (C=O) groups is 1. The molecule has 0 bridgehead atoms. The monoisotopic (exact) mass is 277 g/mol. The topological polar surface area (TPSA) is 49.3 Å². The van der Waals surface area contributed by atoms with Crippen molar-refractivity contribution in [1.82, 2.24) is 5.32 Å². The highest BCUT2D eigenvalue weighted by Crippen LogP contribution is 2.09. The van der Waals surface area contributed by atoms with Crippen LogP contribution < -0.4 is 5.32 Å². The van der Waals surface area contributed by atoms with Gasteiger partial charge < -0.3 is 10.4 Å². The minimum atomic E-state index is -0.247. The van der Waals surface area contributed by atoms with Crippen molar-refractivity contribution in [3.63, 3.8) is 0 Å². The SMILES string of the molecule is CCCCCC(O)CCCC(=O)NCc1ccccc1. The summed E-state index contributed by atoms with van der Waals surface area (Å²) in [6.07, 6.45) is 6.03. The Kier molecular flexibility index (Phi) is 8.72. The van der Waals surface area contributed by atoms with Gasteiger partial charge in [0, 0.05) is 13.0 Å². The summed E-state index contributed by atoms with van der Waals surface area (Å²) in [6.45, 7) is 2.74. The summed E-state index contributed by atoms with van der Waals surface area (Å²) in [4.78, 5) is 11.7. The predicted molar refractivity (Wildman–Crippen MR) is 82.3 cm³/mol. The number of unbranched alkanes of at least 4 members (excludes halogenated alkanes) is 2. The number of benzene rings is 1. The lowest BCUT2D eigenvalue weighted by Crippen LogP contribution is -2.22. The summed E-state index contributed by atoms with van der Waals surface area (Å²) in [5.41, 5.74) is 1.11. The van der Waals surface area contributed by atoms with Crippen LogP contribution in [0.4, 0.5) is 0 Å². The maximum atomic E-state index is 11.7. The van der Waals surface area contributed by atoms with Gasteiger partial charge in [0.15, 0.2) is 0 Å². The van der Waals surface area contributed by atoms with E-state index in [9.17, 15) is 9.90 Å². The molecule has 0 radical (unpaired) electrons. The average molecular weight is 277 g/mol. The second kappa shape index (κ2) is 10.4. The molecule has 20 heavy (non-hydrogen) atoms. The first-order valence-corrected chi connectivity index (χ1v) is 7.71. The maximum Gasteiger partial charge on any atom is 0.220 e. The number of rotatable bonds is 10. The Morgan fingerprint density at radius 2 is 1.85 bits per heavy atom. The Bertz CT molecular complexity index is 365. The zero-order valence-corrected chi connectivity index (χ0v) is 12.5. The molecule has 1 rings (SSSR count). The van der Waals surface area contributed by atoms with Gasteiger partial charge in [-0.2, -0.15) is 0 Å². The molecule has 2 N–H and O–H groups in total. The zero-order chi connectivity index (χ0) is 14.6. The molecule has 0 aromatic heterocycles. The van der Waals surface area contributed by atoms with Crippen molar-refractivity contribution in [2.75, 3.05) is 0 Å². The summed E-state index contributed by atoms with van der Waals surface area (Å²) < 4.78 is 0. The minimum absolute atomic E-state index is 0.0645. The van der Waals surface area contributed by atoms with E-state index in [4.69, 9.17) is 0 Å². The molecule has 3 nitrogen and oxygen atoms in total. The van der Waals surface area contributed by atoms with E-state index in [-0.39, 0.29) is 12.0 Å². The van der Waals surface area contributed by atoms with Crippen LogP contribution >= 0.6 is 0 Å². The van der Waals surface area contributed by atoms with Crippen LogP contribution in [0.3, 0.4) is 0 Å². The third kappa shape index (κ3) is 7.95. The van der Waals surface area contributed by atoms with Gasteiger partial charge in [0.25, 0.3) is 0 Å². The van der Waals surface area contributed by atoms with Crippen LogP contribution in [0.25, 0.3) is 0 Å². The maximum absolute atomic E-state index is 11.7. The molecule has 3 heteroatoms. The molecule has 1 aromatic carbocycles. The highest BCUT2D eigenvalue weighted by atomic mass is 16.3. The van der Waals surface area contributed by atoms with E-state index in [2.05, 4.69) is 12.2 Å². The van der Waals surface area contributed by atoms with Gasteiger partial charge in [0.05, 0.1) is 6.10 Å². The molecule has 0 fully saturated rings. The van der Waals surface area contributed by atoms with E-state index in [1.54, 1.807) is 0 Å². The summed E-state index contributed by atoms with van der Waals surface area (Å²) in [5, 5.41) is 12.7. The van der Waals surface area contributed by atoms with Crippen LogP contribution in [-0.4, -0.2) is 17.1 Å². The lowest BCUT2D eigenvalue weighted by molar-refractivity contribution is -0.121. The third-order valence-electron chi connectivity index (χ3n) is 3.41. The Hall–Kier alpha value is -1.35. The summed E-state index contributed by atoms with van der Waals surface area (Å²) >= 11 is 0. The number of aliphatic hydroxyl groups is 1. The number of nitrogens with one attached hydrogen (secondary N) is 1. The van der Waals surface area contributed by atoms with Crippen LogP contribution in [0, 0.1) is 0 Å². The van der Waals surface area contributed by atoms with Crippen molar-refractivity contribution < 1.29 is 9.90 Å². The normalized spacial score (nSPS) is 12.1. The van der Waals surface area contributed by atoms with Gasteiger partial charge in [-0.15, -0.1) is 0 Å². The van der Waals surface area contributed by atoms with Crippen molar-refractivity contribution in [3.05, 3.63) is 35.9 Å². The van der Waals surface area contributed by atoms with Gasteiger partial charge in [-0.1, -0.05) is 56.5 Å². The number of amides is 1. The molecule has 0 aliphatic heterocycles. The van der Waals surface area contributed by atoms with E-state index >= 15 is 0 Å². The highest BCUT2D eigenvalue weighted by Gasteiger charge is 2.06. The van der Waals surface area contributed by atoms with Crippen molar-refractivity contribution in [2.45, 2.75) is 64.5 Å². The first kappa shape index (κ1) is 16.7. The van der Waals surface area contributed by atoms with Crippen LogP contribution in [0.5, 0.6) is 0 Å². The van der Waals surface area contributed by atoms with Gasteiger partial charge in [-0.25, -0.2) is 0 Å². The fraction of sp³-hybridized carbons (Fsp3) is 0.588. The molecule has 0 aliphatic carbocycles. The summed E-state index contributed by atoms with van der Waals surface area (Å²) in [7, 11) is 0. The van der Waals surface area contributed by atoms with E-state index in [1.165, 1.54) is 12.8 Å². The van der Waals surface area contributed by atoms with Crippen LogP contribution in [0.2, 0.25) is 0 Å². The molecule has 0 aliphatic rings. The molecule has 1 amide bonds. The van der Waals surface area contributed by atoms with E-state index in [1.807, 2.05) is 30.3 Å². The lowest BCUT2D eigenvalue weighted by Gasteiger charge is -2.10. The fourth-order valence-corrected chi connectivity index (χ4v) is 2.16. The number of hydrogen-bond donors (Lipinski definition) is 2. The summed E-state index contributed by atoms with van der Waals surface area (Å²) in [6, 6.07) is 9.89. The highest BCUT2D eigenvalue weighted by molar-refractivity contribution is 5.75. The lowest BCUT2D eigenvalue weighted by atomic mass is 10.1. The van der Waals surface area contributed by atoms with E-state index in [0.29, 0.717) is 13.0 Å². The van der Waals surface area contributed by atoms with Crippen molar-refractivity contribution in [3.8, 4) is 0 Å². The molecule has 0 saturated heterocycles. The van der Waals surface area contributed by atoms with Gasteiger partial charge in [-0.05, 0) is 24.8 Å². The molecule has 1 aromatic rings. The number of hydrogen-bond acceptors (Lipinski definition) is 2. The second-order valence-corrected chi connectivity index (χ2v) is 5.30. The molecule has 112 valence electrons. The largest absolute Gasteiger partial charge is 0.393 e. The Morgan fingerprint density at radius 1 is 1.15 bits per heavy atom. The van der Waals surface area contributed by atoms with E-state index < -0.39 is 0 Å². The Labute approximate surface area is 122 Å². The Morgan fingerprint density at radius 3 is 2.55 bits per heavy atom. The van der Waals surface area contributed by atoms with Crippen LogP contribution in [0.1, 0.15) is 57.4 Å². The minimum Gasteiger partial charge on any atom is -0.393 e. The molecule has 0 saturated carbocycles. The smallest absolute Gasteiger partial charge is 0.220 e. The number of aliphatic hydroxyl groups excluding tert-OH is 1. The molecular formula is C17H27NO2. The zero-order valence-electron chi connectivity index (χ0n) is 12.5. The van der Waals surface area contributed by atoms with Gasteiger partial charge in [0.1, 0.15) is 0 Å². The standard InChI is InChI=1S/C17H27NO2/c1-2-3-5-11-16(19)12-8-13-17(20)18-14-15-9-6-4-7-10-15/h4,6-7,9-10,16,19H,2-3,5,8,11-14H2,1H3,(H,18,20). The molecule has 1 atom stereocenters. The molecule has 0 spiro atoms. The van der Waals surface area contributed by atoms with Gasteiger partial charge >= 0.3 is 0 Å². The van der Waals surface area contributed by atoms with Crippen molar-refractivity contribution in [2.24, 2.45) is 0 Å². The van der Waals surface area contributed by atoms with E-state index in [0.717, 1.165) is 31.2 Å². The van der Waals surface area contributed by atoms with Crippen molar-refractivity contribution in [1.29, 1.82) is 0 Å². The fourth-order valence-electron chi connectivity index (χ4n) is 2.16. The average Bonchev–Trinajstić information content (AvgIpc) is 2.46. The summed E-state index contributed by atoms with van der Waals surface area (Å²) in [5.74, 6) is 0.0645. The predicted octanol–water partition coefficient (Wildman–Crippen LogP) is 3.41. The quantitative estimate of drug-likeness (QED) is 0.644. The molecule has 1 unspecified atom stereocenters. The van der Waals surface area contributed by atoms with Crippen molar-refractivity contribution >= 4 is 5.91 Å². The number of carbonyl (C=O) groups excluding carboxylic acids is 1. The van der Waals surface area contributed by atoms with Crippen LogP contribution in [-0.2, 0) is 11.3 Å². The first-order chi connectivity index (χ1) is 9.72. The van der Waals surface area contributed by atoms with Gasteiger partial charge in [0.2, 0.25) is 5.91 Å². The molecular weight excluding hydrogens is 250 g/mol. The first-order valence-electron chi connectivity index (χ1n) is 7.71.